The average Bonchev–Trinajstić information content (AvgIpc) is 3.33. The Labute approximate surface area is 418 Å². The first-order valence-electron chi connectivity index (χ1n) is 30.1. The number of nitrogens with one attached hydrogen (secondary N) is 1. The van der Waals surface area contributed by atoms with Crippen molar-refractivity contribution in [1.29, 1.82) is 0 Å². The second-order valence-electron chi connectivity index (χ2n) is 20.7. The Morgan fingerprint density at radius 2 is 0.746 bits per heavy atom. The number of aliphatic hydroxyl groups excluding tert-OH is 2. The average molecular weight is 945 g/mol. The highest BCUT2D eigenvalue weighted by molar-refractivity contribution is 5.76. The molecule has 0 bridgehead atoms. The molecule has 2 atom stereocenters. The van der Waals surface area contributed by atoms with Crippen LogP contribution in [0.15, 0.2) is 24.3 Å². The highest BCUT2D eigenvalue weighted by Crippen LogP contribution is 2.18. The lowest BCUT2D eigenvalue weighted by Crippen LogP contribution is -2.45. The molecule has 0 aromatic rings. The van der Waals surface area contributed by atoms with Gasteiger partial charge in [0.25, 0.3) is 0 Å². The van der Waals surface area contributed by atoms with Gasteiger partial charge in [0, 0.05) is 12.8 Å². The number of amides is 1. The maximum absolute atomic E-state index is 12.5. The largest absolute Gasteiger partial charge is 0.466 e. The van der Waals surface area contributed by atoms with Crippen LogP contribution in [0.3, 0.4) is 0 Å². The summed E-state index contributed by atoms with van der Waals surface area (Å²) >= 11 is 0. The van der Waals surface area contributed by atoms with Gasteiger partial charge in [0.1, 0.15) is 0 Å². The number of carbonyl (C=O) groups excluding carboxylic acids is 2. The highest BCUT2D eigenvalue weighted by Gasteiger charge is 2.20. The number of esters is 1. The van der Waals surface area contributed by atoms with Gasteiger partial charge >= 0.3 is 5.97 Å². The molecule has 0 rings (SSSR count). The monoisotopic (exact) mass is 944 g/mol. The molecule has 0 saturated carbocycles. The zero-order valence-electron chi connectivity index (χ0n) is 45.1. The molecule has 0 radical (unpaired) electrons. The molecule has 0 spiro atoms. The summed E-state index contributed by atoms with van der Waals surface area (Å²) in [4.78, 5) is 24.5. The Kier molecular flexibility index (Phi) is 55.5. The molecular weight excluding hydrogens is 827 g/mol. The third-order valence-electron chi connectivity index (χ3n) is 14.0. The van der Waals surface area contributed by atoms with Crippen molar-refractivity contribution in [3.63, 3.8) is 0 Å². The van der Waals surface area contributed by atoms with Crippen LogP contribution in [0.1, 0.15) is 328 Å². The Morgan fingerprint density at radius 3 is 1.16 bits per heavy atom. The summed E-state index contributed by atoms with van der Waals surface area (Å²) in [5, 5.41) is 23.3. The fraction of sp³-hybridized carbons (Fsp3) is 0.902. The molecule has 0 aliphatic rings. The van der Waals surface area contributed by atoms with Gasteiger partial charge in [0.15, 0.2) is 0 Å². The van der Waals surface area contributed by atoms with Gasteiger partial charge in [0.2, 0.25) is 5.91 Å². The summed E-state index contributed by atoms with van der Waals surface area (Å²) in [6, 6.07) is -0.542. The van der Waals surface area contributed by atoms with Gasteiger partial charge in [-0.3, -0.25) is 9.59 Å². The minimum atomic E-state index is -0.664. The van der Waals surface area contributed by atoms with E-state index in [2.05, 4.69) is 43.5 Å². The Morgan fingerprint density at radius 1 is 0.418 bits per heavy atom. The maximum Gasteiger partial charge on any atom is 0.305 e. The number of hydrogen-bond acceptors (Lipinski definition) is 5. The van der Waals surface area contributed by atoms with Crippen LogP contribution >= 0.6 is 0 Å². The van der Waals surface area contributed by atoms with Crippen LogP contribution in [-0.4, -0.2) is 47.4 Å². The standard InChI is InChI=1S/C61H117NO5/c1-3-5-7-9-11-13-15-17-26-31-35-39-43-47-51-55-61(66)67-56-52-48-44-40-36-32-28-25-23-21-19-20-22-24-27-30-34-38-42-46-50-54-60(65)62-58(57-63)59(64)53-49-45-41-37-33-29-18-16-14-12-10-8-6-4-2/h11,13,17,26,58-59,63-64H,3-10,12,14-16,18-25,27-57H2,1-2H3,(H,62,65)/b13-11-,26-17-. The van der Waals surface area contributed by atoms with Crippen LogP contribution in [0.4, 0.5) is 0 Å². The van der Waals surface area contributed by atoms with E-state index in [1.807, 2.05) is 0 Å². The van der Waals surface area contributed by atoms with E-state index in [0.717, 1.165) is 51.4 Å². The zero-order chi connectivity index (χ0) is 48.6. The van der Waals surface area contributed by atoms with Crippen molar-refractivity contribution >= 4 is 11.9 Å². The predicted octanol–water partition coefficient (Wildman–Crippen LogP) is 18.6. The van der Waals surface area contributed by atoms with Crippen LogP contribution in [0.2, 0.25) is 0 Å². The van der Waals surface area contributed by atoms with Crippen LogP contribution < -0.4 is 5.32 Å². The highest BCUT2D eigenvalue weighted by atomic mass is 16.5. The minimum Gasteiger partial charge on any atom is -0.466 e. The molecule has 0 aromatic heterocycles. The van der Waals surface area contributed by atoms with Crippen molar-refractivity contribution in [3.8, 4) is 0 Å². The molecule has 3 N–H and O–H groups in total. The van der Waals surface area contributed by atoms with E-state index in [4.69, 9.17) is 4.74 Å². The number of allylic oxidation sites excluding steroid dienone is 4. The molecule has 0 saturated heterocycles. The summed E-state index contributed by atoms with van der Waals surface area (Å²) in [5.74, 6) is -0.0365. The molecule has 1 amide bonds. The van der Waals surface area contributed by atoms with Gasteiger partial charge < -0.3 is 20.3 Å². The van der Waals surface area contributed by atoms with Crippen LogP contribution in [0.25, 0.3) is 0 Å². The molecule has 0 aromatic carbocycles. The molecule has 0 heterocycles. The topological polar surface area (TPSA) is 95.9 Å². The van der Waals surface area contributed by atoms with Crippen molar-refractivity contribution in [2.24, 2.45) is 0 Å². The Hall–Kier alpha value is -1.66. The molecule has 67 heavy (non-hydrogen) atoms. The molecule has 0 aliphatic carbocycles. The van der Waals surface area contributed by atoms with Crippen molar-refractivity contribution in [2.75, 3.05) is 13.2 Å². The lowest BCUT2D eigenvalue weighted by atomic mass is 10.0. The van der Waals surface area contributed by atoms with E-state index in [0.29, 0.717) is 25.9 Å². The second kappa shape index (κ2) is 56.9. The van der Waals surface area contributed by atoms with Crippen molar-refractivity contribution < 1.29 is 24.5 Å². The van der Waals surface area contributed by atoms with Gasteiger partial charge in [-0.25, -0.2) is 0 Å². The maximum atomic E-state index is 12.5. The van der Waals surface area contributed by atoms with Gasteiger partial charge in [-0.15, -0.1) is 0 Å². The Bertz CT molecular complexity index is 1040. The third-order valence-corrected chi connectivity index (χ3v) is 14.0. The van der Waals surface area contributed by atoms with Gasteiger partial charge in [-0.2, -0.15) is 0 Å². The summed E-state index contributed by atoms with van der Waals surface area (Å²) < 4.78 is 5.48. The first-order valence-corrected chi connectivity index (χ1v) is 30.1. The summed E-state index contributed by atoms with van der Waals surface area (Å²) in [5.41, 5.74) is 0. The van der Waals surface area contributed by atoms with Crippen molar-refractivity contribution in [3.05, 3.63) is 24.3 Å². The first kappa shape index (κ1) is 65.3. The van der Waals surface area contributed by atoms with Gasteiger partial charge in [-0.1, -0.05) is 282 Å². The van der Waals surface area contributed by atoms with Crippen molar-refractivity contribution in [1.82, 2.24) is 5.32 Å². The van der Waals surface area contributed by atoms with Gasteiger partial charge in [0.05, 0.1) is 25.4 Å². The van der Waals surface area contributed by atoms with E-state index in [9.17, 15) is 19.8 Å². The van der Waals surface area contributed by atoms with Crippen LogP contribution in [-0.2, 0) is 14.3 Å². The quantitative estimate of drug-likeness (QED) is 0.0321. The normalized spacial score (nSPS) is 12.7. The SMILES string of the molecule is CCCCC/C=C\C/C=C\CCCCCCCC(=O)OCCCCCCCCCCCCCCCCCCCCCCCC(=O)NC(CO)C(O)CCCCCCCCCCCCCCCC. The fourth-order valence-corrected chi connectivity index (χ4v) is 9.38. The molecule has 6 heteroatoms. The lowest BCUT2D eigenvalue weighted by Gasteiger charge is -2.22. The lowest BCUT2D eigenvalue weighted by molar-refractivity contribution is -0.143. The van der Waals surface area contributed by atoms with E-state index < -0.39 is 12.1 Å². The van der Waals surface area contributed by atoms with E-state index in [1.54, 1.807) is 0 Å². The number of ether oxygens (including phenoxy) is 1. The van der Waals surface area contributed by atoms with Crippen LogP contribution in [0.5, 0.6) is 0 Å². The first-order chi connectivity index (χ1) is 33.0. The number of carbonyl (C=O) groups is 2. The Balaban J connectivity index is 3.38. The summed E-state index contributed by atoms with van der Waals surface area (Å²) in [6.07, 6.45) is 68.9. The third kappa shape index (κ3) is 53.5. The number of aliphatic hydroxyl groups is 2. The number of rotatable bonds is 56. The second-order valence-corrected chi connectivity index (χ2v) is 20.7. The van der Waals surface area contributed by atoms with E-state index in [-0.39, 0.29) is 18.5 Å². The smallest absolute Gasteiger partial charge is 0.305 e. The minimum absolute atomic E-state index is 0.00171. The van der Waals surface area contributed by atoms with E-state index >= 15 is 0 Å². The molecule has 2 unspecified atom stereocenters. The molecule has 396 valence electrons. The van der Waals surface area contributed by atoms with Crippen molar-refractivity contribution in [2.45, 2.75) is 341 Å². The molecule has 6 nitrogen and oxygen atoms in total. The molecule has 0 aliphatic heterocycles. The number of hydrogen-bond donors (Lipinski definition) is 3. The fourth-order valence-electron chi connectivity index (χ4n) is 9.38. The summed E-state index contributed by atoms with van der Waals surface area (Å²) in [6.45, 7) is 4.93. The van der Waals surface area contributed by atoms with Gasteiger partial charge in [-0.05, 0) is 57.8 Å². The van der Waals surface area contributed by atoms with E-state index in [1.165, 1.54) is 244 Å². The number of unbranched alkanes of at least 4 members (excludes halogenated alkanes) is 41. The molecular formula is C61H117NO5. The zero-order valence-corrected chi connectivity index (χ0v) is 45.1. The van der Waals surface area contributed by atoms with Crippen LogP contribution in [0, 0.1) is 0 Å². The predicted molar refractivity (Wildman–Crippen MR) is 292 cm³/mol. The summed E-state index contributed by atoms with van der Waals surface area (Å²) in [7, 11) is 0. The molecule has 0 fully saturated rings.